The van der Waals surface area contributed by atoms with E-state index in [9.17, 15) is 23.1 Å². The Labute approximate surface area is 128 Å². The van der Waals surface area contributed by atoms with Crippen LogP contribution in [0.15, 0.2) is 12.1 Å². The fraction of sp³-hybridized carbons (Fsp3) is 0.357. The lowest BCUT2D eigenvalue weighted by molar-refractivity contribution is -0.239. The minimum atomic E-state index is -4.96. The van der Waals surface area contributed by atoms with Crippen molar-refractivity contribution in [2.45, 2.75) is 24.6 Å². The number of phenolic OH excluding ortho intramolecular Hbond substituents is 1. The van der Waals surface area contributed by atoms with E-state index in [0.717, 1.165) is 25.0 Å². The Hall–Kier alpha value is -2.07. The third-order valence-corrected chi connectivity index (χ3v) is 3.68. The molecule has 0 radical (unpaired) electrons. The molecule has 1 atom stereocenters. The van der Waals surface area contributed by atoms with Crippen molar-refractivity contribution in [2.75, 3.05) is 5.32 Å². The number of carbonyl (C=O) groups is 1. The monoisotopic (exact) mass is 331 g/mol. The molecule has 4 nitrogen and oxygen atoms in total. The van der Waals surface area contributed by atoms with Gasteiger partial charge in [0.15, 0.2) is 0 Å². The van der Waals surface area contributed by atoms with Gasteiger partial charge in [0.25, 0.3) is 5.60 Å². The second kappa shape index (κ2) is 4.71. The summed E-state index contributed by atoms with van der Waals surface area (Å²) in [6.45, 7) is 0. The van der Waals surface area contributed by atoms with E-state index in [1.165, 1.54) is 0 Å². The minimum absolute atomic E-state index is 0.121. The predicted octanol–water partition coefficient (Wildman–Crippen LogP) is 3.78. The number of alkyl halides is 3. The number of hydrogen-bond donors (Lipinski definition) is 2. The predicted molar refractivity (Wildman–Crippen MR) is 71.5 cm³/mol. The Bertz CT molecular complexity index is 719. The standard InChI is InChI=1S/C14H9ClF3NO3/c15-9-5-8-10(6-11(9)20)19-12(21)22-13(8,14(16,17)18)4-3-7-1-2-7/h5-7,20H,1-2H2,(H,19,21)/t13-/m0/s1. The highest BCUT2D eigenvalue weighted by molar-refractivity contribution is 6.32. The maximum Gasteiger partial charge on any atom is 0.445 e. The molecule has 1 amide bonds. The number of fused-ring (bicyclic) bond motifs is 1. The topological polar surface area (TPSA) is 58.6 Å². The van der Waals surface area contributed by atoms with Gasteiger partial charge in [-0.25, -0.2) is 4.79 Å². The summed E-state index contributed by atoms with van der Waals surface area (Å²) in [6.07, 6.45) is -4.81. The Morgan fingerprint density at radius 1 is 1.41 bits per heavy atom. The molecule has 1 aromatic carbocycles. The first-order chi connectivity index (χ1) is 10.2. The van der Waals surface area contributed by atoms with Gasteiger partial charge in [0.2, 0.25) is 0 Å². The van der Waals surface area contributed by atoms with E-state index in [1.54, 1.807) is 0 Å². The summed E-state index contributed by atoms with van der Waals surface area (Å²) in [5.41, 5.74) is -3.78. The van der Waals surface area contributed by atoms with Crippen LogP contribution in [0.2, 0.25) is 5.02 Å². The van der Waals surface area contributed by atoms with Gasteiger partial charge in [-0.3, -0.25) is 5.32 Å². The molecule has 1 aliphatic carbocycles. The van der Waals surface area contributed by atoms with Crippen molar-refractivity contribution in [1.82, 2.24) is 0 Å². The number of benzene rings is 1. The molecule has 116 valence electrons. The quantitative estimate of drug-likeness (QED) is 0.711. The number of phenols is 1. The molecular formula is C14H9ClF3NO3. The second-order valence-corrected chi connectivity index (χ2v) is 5.49. The maximum atomic E-state index is 13.6. The van der Waals surface area contributed by atoms with Crippen molar-refractivity contribution in [3.05, 3.63) is 22.7 Å². The van der Waals surface area contributed by atoms with Crippen LogP contribution in [0.25, 0.3) is 0 Å². The van der Waals surface area contributed by atoms with Gasteiger partial charge in [-0.15, -0.1) is 0 Å². The molecule has 1 heterocycles. The van der Waals surface area contributed by atoms with Gasteiger partial charge < -0.3 is 9.84 Å². The van der Waals surface area contributed by atoms with E-state index in [2.05, 4.69) is 21.9 Å². The molecule has 0 unspecified atom stereocenters. The van der Waals surface area contributed by atoms with E-state index < -0.39 is 29.2 Å². The van der Waals surface area contributed by atoms with Gasteiger partial charge in [-0.1, -0.05) is 17.5 Å². The molecule has 2 N–H and O–H groups in total. The Balaban J connectivity index is 2.24. The second-order valence-electron chi connectivity index (χ2n) is 5.09. The lowest BCUT2D eigenvalue weighted by Crippen LogP contribution is -2.49. The largest absolute Gasteiger partial charge is 0.506 e. The molecule has 0 saturated heterocycles. The van der Waals surface area contributed by atoms with E-state index in [0.29, 0.717) is 0 Å². The van der Waals surface area contributed by atoms with Crippen molar-refractivity contribution >= 4 is 23.4 Å². The fourth-order valence-corrected chi connectivity index (χ4v) is 2.26. The number of carbonyl (C=O) groups excluding carboxylic acids is 1. The van der Waals surface area contributed by atoms with Crippen LogP contribution in [-0.4, -0.2) is 17.4 Å². The molecule has 1 aliphatic heterocycles. The molecule has 22 heavy (non-hydrogen) atoms. The van der Waals surface area contributed by atoms with Gasteiger partial charge >= 0.3 is 12.3 Å². The highest BCUT2D eigenvalue weighted by Crippen LogP contribution is 2.49. The highest BCUT2D eigenvalue weighted by atomic mass is 35.5. The van der Waals surface area contributed by atoms with Crippen LogP contribution < -0.4 is 5.32 Å². The average Bonchev–Trinajstić information content (AvgIpc) is 3.21. The molecule has 1 aromatic rings. The zero-order valence-electron chi connectivity index (χ0n) is 10.9. The number of rotatable bonds is 0. The SMILES string of the molecule is O=C1Nc2cc(O)c(Cl)cc2[C@@](C#CC2CC2)(C(F)(F)F)O1. The average molecular weight is 332 g/mol. The van der Waals surface area contributed by atoms with Gasteiger partial charge in [0, 0.05) is 17.5 Å². The molecule has 1 fully saturated rings. The number of amides is 1. The number of hydrogen-bond acceptors (Lipinski definition) is 3. The normalized spacial score (nSPS) is 23.7. The molecule has 3 rings (SSSR count). The van der Waals surface area contributed by atoms with Crippen molar-refractivity contribution < 1.29 is 27.8 Å². The zero-order valence-corrected chi connectivity index (χ0v) is 11.7. The first-order valence-electron chi connectivity index (χ1n) is 6.35. The van der Waals surface area contributed by atoms with Crippen molar-refractivity contribution in [1.29, 1.82) is 0 Å². The summed E-state index contributed by atoms with van der Waals surface area (Å²) in [4.78, 5) is 11.5. The molecule has 2 aliphatic rings. The maximum absolute atomic E-state index is 13.6. The van der Waals surface area contributed by atoms with E-state index in [-0.39, 0.29) is 16.6 Å². The van der Waals surface area contributed by atoms with Crippen LogP contribution in [0.1, 0.15) is 18.4 Å². The van der Waals surface area contributed by atoms with E-state index in [1.807, 2.05) is 0 Å². The lowest BCUT2D eigenvalue weighted by atomic mass is 9.90. The Morgan fingerprint density at radius 2 is 2.09 bits per heavy atom. The van der Waals surface area contributed by atoms with Gasteiger partial charge in [-0.05, 0) is 24.8 Å². The minimum Gasteiger partial charge on any atom is -0.506 e. The van der Waals surface area contributed by atoms with Crippen LogP contribution in [0.5, 0.6) is 5.75 Å². The molecule has 1 saturated carbocycles. The third kappa shape index (κ3) is 2.33. The third-order valence-electron chi connectivity index (χ3n) is 3.38. The number of nitrogens with one attached hydrogen (secondary N) is 1. The number of cyclic esters (lactones) is 1. The summed E-state index contributed by atoms with van der Waals surface area (Å²) < 4.78 is 45.5. The van der Waals surface area contributed by atoms with Gasteiger partial charge in [0.1, 0.15) is 5.75 Å². The number of aromatic hydroxyl groups is 1. The molecule has 0 aromatic heterocycles. The summed E-state index contributed by atoms with van der Waals surface area (Å²) in [5.74, 6) is 3.99. The summed E-state index contributed by atoms with van der Waals surface area (Å²) >= 11 is 5.70. The molecule has 0 bridgehead atoms. The summed E-state index contributed by atoms with van der Waals surface area (Å²) in [7, 11) is 0. The molecule has 8 heteroatoms. The van der Waals surface area contributed by atoms with Gasteiger partial charge in [-0.2, -0.15) is 13.2 Å². The fourth-order valence-electron chi connectivity index (χ4n) is 2.09. The Morgan fingerprint density at radius 3 is 2.68 bits per heavy atom. The first kappa shape index (κ1) is 14.9. The smallest absolute Gasteiger partial charge is 0.445 e. The molecular weight excluding hydrogens is 323 g/mol. The zero-order chi connectivity index (χ0) is 16.1. The molecule has 0 spiro atoms. The number of ether oxygens (including phenoxy) is 1. The van der Waals surface area contributed by atoms with Crippen LogP contribution in [0, 0.1) is 17.8 Å². The highest BCUT2D eigenvalue weighted by Gasteiger charge is 2.62. The van der Waals surface area contributed by atoms with Crippen LogP contribution in [0.3, 0.4) is 0 Å². The van der Waals surface area contributed by atoms with E-state index >= 15 is 0 Å². The first-order valence-corrected chi connectivity index (χ1v) is 6.73. The van der Waals surface area contributed by atoms with E-state index in [4.69, 9.17) is 11.6 Å². The summed E-state index contributed by atoms with van der Waals surface area (Å²) in [6, 6.07) is 1.85. The summed E-state index contributed by atoms with van der Waals surface area (Å²) in [5, 5.41) is 11.3. The van der Waals surface area contributed by atoms with Crippen LogP contribution in [-0.2, 0) is 10.3 Å². The van der Waals surface area contributed by atoms with Gasteiger partial charge in [0.05, 0.1) is 10.7 Å². The number of halogens is 4. The van der Waals surface area contributed by atoms with Crippen molar-refractivity contribution in [3.63, 3.8) is 0 Å². The number of anilines is 1. The van der Waals surface area contributed by atoms with Crippen LogP contribution >= 0.6 is 11.6 Å². The van der Waals surface area contributed by atoms with Crippen LogP contribution in [0.4, 0.5) is 23.7 Å². The lowest BCUT2D eigenvalue weighted by Gasteiger charge is -2.35. The Kier molecular flexibility index (Phi) is 3.18. The van der Waals surface area contributed by atoms with Crippen molar-refractivity contribution in [2.24, 2.45) is 5.92 Å². The van der Waals surface area contributed by atoms with Crippen molar-refractivity contribution in [3.8, 4) is 17.6 Å².